The maximum Gasteiger partial charge on any atom is 0.258 e. The van der Waals surface area contributed by atoms with E-state index in [4.69, 9.17) is 11.6 Å². The maximum atomic E-state index is 13.0. The molecule has 2 aromatic rings. The second-order valence-electron chi connectivity index (χ2n) is 7.03. The summed E-state index contributed by atoms with van der Waals surface area (Å²) in [4.78, 5) is 17.3. The predicted molar refractivity (Wildman–Crippen MR) is 105 cm³/mol. The fourth-order valence-electron chi connectivity index (χ4n) is 3.42. The summed E-state index contributed by atoms with van der Waals surface area (Å²) < 4.78 is 1.72. The van der Waals surface area contributed by atoms with Gasteiger partial charge < -0.3 is 4.90 Å². The van der Waals surface area contributed by atoms with E-state index in [1.165, 1.54) is 5.56 Å². The molecule has 0 spiro atoms. The Kier molecular flexibility index (Phi) is 5.99. The minimum atomic E-state index is -0.00111. The molecule has 1 aliphatic heterocycles. The number of carbonyl (C=O) groups excluding carboxylic acids is 1. The lowest BCUT2D eigenvalue weighted by Gasteiger charge is -2.34. The molecule has 0 N–H and O–H groups in total. The largest absolute Gasteiger partial charge is 0.336 e. The third-order valence-electron chi connectivity index (χ3n) is 4.93. The molecule has 140 valence electrons. The van der Waals surface area contributed by atoms with E-state index in [1.54, 1.807) is 4.68 Å². The second-order valence-corrected chi connectivity index (χ2v) is 7.39. The molecule has 0 unspecified atom stereocenters. The average Bonchev–Trinajstić information content (AvgIpc) is 2.91. The van der Waals surface area contributed by atoms with Crippen LogP contribution >= 0.6 is 11.6 Å². The first kappa shape index (κ1) is 18.9. The van der Waals surface area contributed by atoms with E-state index in [9.17, 15) is 4.79 Å². The van der Waals surface area contributed by atoms with Gasteiger partial charge in [-0.05, 0) is 32.4 Å². The number of halogens is 1. The van der Waals surface area contributed by atoms with Gasteiger partial charge in [-0.25, -0.2) is 4.68 Å². The number of benzene rings is 1. The van der Waals surface area contributed by atoms with Gasteiger partial charge in [-0.3, -0.25) is 9.69 Å². The molecule has 6 heteroatoms. The summed E-state index contributed by atoms with van der Waals surface area (Å²) >= 11 is 6.55. The summed E-state index contributed by atoms with van der Waals surface area (Å²) in [5, 5.41) is 4.95. The van der Waals surface area contributed by atoms with Gasteiger partial charge in [-0.1, -0.05) is 48.4 Å². The van der Waals surface area contributed by atoms with Crippen LogP contribution in [0.1, 0.15) is 40.5 Å². The van der Waals surface area contributed by atoms with Gasteiger partial charge in [0.25, 0.3) is 5.91 Å². The minimum absolute atomic E-state index is 0.00111. The van der Waals surface area contributed by atoms with Crippen molar-refractivity contribution >= 4 is 17.5 Å². The van der Waals surface area contributed by atoms with E-state index >= 15 is 0 Å². The van der Waals surface area contributed by atoms with Crippen LogP contribution in [0.4, 0.5) is 0 Å². The summed E-state index contributed by atoms with van der Waals surface area (Å²) in [7, 11) is 0. The Morgan fingerprint density at radius 1 is 1.12 bits per heavy atom. The van der Waals surface area contributed by atoms with Crippen LogP contribution in [-0.2, 0) is 6.54 Å². The fourth-order valence-corrected chi connectivity index (χ4v) is 3.73. The molecule has 3 rings (SSSR count). The Balaban J connectivity index is 1.73. The molecule has 1 fully saturated rings. The second kappa shape index (κ2) is 8.23. The first-order valence-corrected chi connectivity index (χ1v) is 9.67. The molecular formula is C20H27ClN4O. The smallest absolute Gasteiger partial charge is 0.258 e. The third kappa shape index (κ3) is 4.10. The van der Waals surface area contributed by atoms with E-state index in [1.807, 2.05) is 11.8 Å². The number of aryl methyl sites for hydroxylation is 2. The average molecular weight is 375 g/mol. The van der Waals surface area contributed by atoms with Gasteiger partial charge in [0.15, 0.2) is 0 Å². The van der Waals surface area contributed by atoms with Crippen molar-refractivity contribution in [3.05, 3.63) is 51.8 Å². The normalized spacial score (nSPS) is 15.5. The summed E-state index contributed by atoms with van der Waals surface area (Å²) in [5.74, 6) is -0.00111. The number of aromatic nitrogens is 2. The lowest BCUT2D eigenvalue weighted by atomic mass is 10.1. The Hall–Kier alpha value is -1.85. The van der Waals surface area contributed by atoms with Crippen molar-refractivity contribution in [2.24, 2.45) is 0 Å². The van der Waals surface area contributed by atoms with Gasteiger partial charge in [0.1, 0.15) is 5.15 Å². The van der Waals surface area contributed by atoms with Crippen molar-refractivity contribution in [1.29, 1.82) is 0 Å². The molecule has 0 saturated carbocycles. The zero-order valence-electron chi connectivity index (χ0n) is 15.8. The SMILES string of the molecule is CCCN1CCN(C(=O)c2c(C)nn(Cc3ccc(C)cc3)c2Cl)CC1. The Bertz CT molecular complexity index is 761. The highest BCUT2D eigenvalue weighted by molar-refractivity contribution is 6.33. The van der Waals surface area contributed by atoms with Crippen molar-refractivity contribution in [1.82, 2.24) is 19.6 Å². The Morgan fingerprint density at radius 2 is 1.77 bits per heavy atom. The third-order valence-corrected chi connectivity index (χ3v) is 5.32. The van der Waals surface area contributed by atoms with E-state index in [0.717, 1.165) is 44.7 Å². The van der Waals surface area contributed by atoms with Gasteiger partial charge in [0.2, 0.25) is 0 Å². The Labute approximate surface area is 160 Å². The van der Waals surface area contributed by atoms with Crippen molar-refractivity contribution < 1.29 is 4.79 Å². The van der Waals surface area contributed by atoms with Gasteiger partial charge >= 0.3 is 0 Å². The quantitative estimate of drug-likeness (QED) is 0.805. The highest BCUT2D eigenvalue weighted by Crippen LogP contribution is 2.23. The lowest BCUT2D eigenvalue weighted by molar-refractivity contribution is 0.0637. The van der Waals surface area contributed by atoms with Crippen molar-refractivity contribution in [2.45, 2.75) is 33.7 Å². The molecule has 1 aliphatic rings. The zero-order valence-corrected chi connectivity index (χ0v) is 16.6. The van der Waals surface area contributed by atoms with Gasteiger partial charge in [-0.2, -0.15) is 5.10 Å². The summed E-state index contributed by atoms with van der Waals surface area (Å²) in [6.45, 7) is 11.1. The first-order chi connectivity index (χ1) is 12.5. The van der Waals surface area contributed by atoms with Crippen LogP contribution in [0.15, 0.2) is 24.3 Å². The summed E-state index contributed by atoms with van der Waals surface area (Å²) in [6, 6.07) is 8.27. The molecule has 1 aromatic heterocycles. The standard InChI is InChI=1S/C20H27ClN4O/c1-4-9-23-10-12-24(13-11-23)20(26)18-16(3)22-25(19(18)21)14-17-7-5-15(2)6-8-17/h5-8H,4,9-14H2,1-3H3. The lowest BCUT2D eigenvalue weighted by Crippen LogP contribution is -2.48. The number of hydrogen-bond acceptors (Lipinski definition) is 3. The Morgan fingerprint density at radius 3 is 2.38 bits per heavy atom. The molecule has 0 atom stereocenters. The molecule has 0 radical (unpaired) electrons. The molecule has 5 nitrogen and oxygen atoms in total. The van der Waals surface area contributed by atoms with Crippen LogP contribution in [-0.4, -0.2) is 58.2 Å². The number of piperazine rings is 1. The van der Waals surface area contributed by atoms with E-state index < -0.39 is 0 Å². The van der Waals surface area contributed by atoms with Crippen molar-refractivity contribution in [3.8, 4) is 0 Å². The molecule has 0 aliphatic carbocycles. The number of carbonyl (C=O) groups is 1. The zero-order chi connectivity index (χ0) is 18.7. The van der Waals surface area contributed by atoms with Crippen LogP contribution < -0.4 is 0 Å². The van der Waals surface area contributed by atoms with Crippen LogP contribution in [0.25, 0.3) is 0 Å². The topological polar surface area (TPSA) is 41.4 Å². The molecule has 1 saturated heterocycles. The van der Waals surface area contributed by atoms with Crippen LogP contribution in [0.2, 0.25) is 5.15 Å². The number of amides is 1. The van der Waals surface area contributed by atoms with Gasteiger partial charge in [0, 0.05) is 26.2 Å². The highest BCUT2D eigenvalue weighted by atomic mass is 35.5. The first-order valence-electron chi connectivity index (χ1n) is 9.29. The summed E-state index contributed by atoms with van der Waals surface area (Å²) in [6.07, 6.45) is 1.14. The number of nitrogens with zero attached hydrogens (tertiary/aromatic N) is 4. The minimum Gasteiger partial charge on any atom is -0.336 e. The molecule has 1 aromatic carbocycles. The molecule has 0 bridgehead atoms. The molecular weight excluding hydrogens is 348 g/mol. The van der Waals surface area contributed by atoms with E-state index in [2.05, 4.69) is 48.1 Å². The summed E-state index contributed by atoms with van der Waals surface area (Å²) in [5.41, 5.74) is 3.58. The predicted octanol–water partition coefficient (Wildman–Crippen LogP) is 3.37. The fraction of sp³-hybridized carbons (Fsp3) is 0.500. The van der Waals surface area contributed by atoms with E-state index in [-0.39, 0.29) is 5.91 Å². The number of rotatable bonds is 5. The van der Waals surface area contributed by atoms with Crippen molar-refractivity contribution in [3.63, 3.8) is 0 Å². The van der Waals surface area contributed by atoms with Crippen LogP contribution in [0, 0.1) is 13.8 Å². The van der Waals surface area contributed by atoms with Crippen molar-refractivity contribution in [2.75, 3.05) is 32.7 Å². The van der Waals surface area contributed by atoms with Crippen LogP contribution in [0.5, 0.6) is 0 Å². The number of hydrogen-bond donors (Lipinski definition) is 0. The van der Waals surface area contributed by atoms with E-state index in [0.29, 0.717) is 23.0 Å². The van der Waals surface area contributed by atoms with Gasteiger partial charge in [0.05, 0.1) is 17.8 Å². The maximum absolute atomic E-state index is 13.0. The molecule has 1 amide bonds. The molecule has 2 heterocycles. The van der Waals surface area contributed by atoms with Gasteiger partial charge in [-0.15, -0.1) is 0 Å². The highest BCUT2D eigenvalue weighted by Gasteiger charge is 2.27. The monoisotopic (exact) mass is 374 g/mol. The molecule has 26 heavy (non-hydrogen) atoms. The van der Waals surface area contributed by atoms with Crippen LogP contribution in [0.3, 0.4) is 0 Å².